The SMILES string of the molecule is CNC(c1ccoc1C)c1cccc2ccccc12. The molecule has 1 unspecified atom stereocenters. The average molecular weight is 251 g/mol. The van der Waals surface area contributed by atoms with Crippen LogP contribution >= 0.6 is 0 Å². The van der Waals surface area contributed by atoms with Gasteiger partial charge < -0.3 is 9.73 Å². The molecule has 96 valence electrons. The first kappa shape index (κ1) is 12.0. The molecule has 3 rings (SSSR count). The van der Waals surface area contributed by atoms with E-state index in [-0.39, 0.29) is 6.04 Å². The number of hydrogen-bond acceptors (Lipinski definition) is 2. The van der Waals surface area contributed by atoms with Crippen LogP contribution in [0.1, 0.15) is 22.9 Å². The van der Waals surface area contributed by atoms with Crippen molar-refractivity contribution in [2.75, 3.05) is 7.05 Å². The van der Waals surface area contributed by atoms with E-state index in [2.05, 4.69) is 47.8 Å². The number of furan rings is 1. The molecule has 0 fully saturated rings. The molecule has 1 atom stereocenters. The highest BCUT2D eigenvalue weighted by molar-refractivity contribution is 5.86. The highest BCUT2D eigenvalue weighted by Crippen LogP contribution is 2.30. The van der Waals surface area contributed by atoms with Crippen LogP contribution < -0.4 is 5.32 Å². The molecule has 0 amide bonds. The maximum Gasteiger partial charge on any atom is 0.105 e. The predicted octanol–water partition coefficient (Wildman–Crippen LogP) is 4.05. The summed E-state index contributed by atoms with van der Waals surface area (Å²) in [4.78, 5) is 0. The molecule has 0 bridgehead atoms. The van der Waals surface area contributed by atoms with Gasteiger partial charge in [-0.25, -0.2) is 0 Å². The summed E-state index contributed by atoms with van der Waals surface area (Å²) in [6.07, 6.45) is 1.75. The second-order valence-corrected chi connectivity index (χ2v) is 4.72. The zero-order chi connectivity index (χ0) is 13.2. The predicted molar refractivity (Wildman–Crippen MR) is 78.3 cm³/mol. The van der Waals surface area contributed by atoms with Crippen molar-refractivity contribution in [1.82, 2.24) is 5.32 Å². The van der Waals surface area contributed by atoms with Gasteiger partial charge in [-0.3, -0.25) is 0 Å². The fourth-order valence-corrected chi connectivity index (χ4v) is 2.67. The summed E-state index contributed by atoms with van der Waals surface area (Å²) in [6.45, 7) is 2.00. The van der Waals surface area contributed by atoms with Crippen LogP contribution in [-0.4, -0.2) is 7.05 Å². The van der Waals surface area contributed by atoms with Crippen molar-refractivity contribution >= 4 is 10.8 Å². The average Bonchev–Trinajstić information content (AvgIpc) is 2.86. The number of nitrogens with one attached hydrogen (secondary N) is 1. The first-order valence-corrected chi connectivity index (χ1v) is 6.50. The Morgan fingerprint density at radius 2 is 1.74 bits per heavy atom. The van der Waals surface area contributed by atoms with Crippen molar-refractivity contribution in [2.45, 2.75) is 13.0 Å². The molecule has 1 N–H and O–H groups in total. The summed E-state index contributed by atoms with van der Waals surface area (Å²) in [7, 11) is 1.98. The zero-order valence-corrected chi connectivity index (χ0v) is 11.2. The van der Waals surface area contributed by atoms with E-state index < -0.39 is 0 Å². The number of hydrogen-bond donors (Lipinski definition) is 1. The van der Waals surface area contributed by atoms with Crippen LogP contribution in [0.2, 0.25) is 0 Å². The van der Waals surface area contributed by atoms with Gasteiger partial charge in [0, 0.05) is 5.56 Å². The van der Waals surface area contributed by atoms with Gasteiger partial charge in [-0.15, -0.1) is 0 Å². The zero-order valence-electron chi connectivity index (χ0n) is 11.2. The summed E-state index contributed by atoms with van der Waals surface area (Å²) in [5.74, 6) is 0.965. The maximum absolute atomic E-state index is 5.44. The van der Waals surface area contributed by atoms with Crippen molar-refractivity contribution in [2.24, 2.45) is 0 Å². The Morgan fingerprint density at radius 1 is 0.947 bits per heavy atom. The molecule has 0 radical (unpaired) electrons. The van der Waals surface area contributed by atoms with E-state index in [9.17, 15) is 0 Å². The highest BCUT2D eigenvalue weighted by atomic mass is 16.3. The lowest BCUT2D eigenvalue weighted by Gasteiger charge is -2.18. The molecule has 0 aliphatic rings. The number of benzene rings is 2. The Morgan fingerprint density at radius 3 is 2.47 bits per heavy atom. The van der Waals surface area contributed by atoms with Crippen molar-refractivity contribution < 1.29 is 4.42 Å². The highest BCUT2D eigenvalue weighted by Gasteiger charge is 2.17. The fraction of sp³-hybridized carbons (Fsp3) is 0.176. The molecule has 2 aromatic carbocycles. The fourth-order valence-electron chi connectivity index (χ4n) is 2.67. The van der Waals surface area contributed by atoms with Gasteiger partial charge in [-0.2, -0.15) is 0 Å². The minimum atomic E-state index is 0.157. The Hall–Kier alpha value is -2.06. The van der Waals surface area contributed by atoms with Crippen LogP contribution in [0.3, 0.4) is 0 Å². The van der Waals surface area contributed by atoms with E-state index in [1.165, 1.54) is 21.9 Å². The van der Waals surface area contributed by atoms with Gasteiger partial charge in [0.2, 0.25) is 0 Å². The molecule has 0 spiro atoms. The molecular formula is C17H17NO. The summed E-state index contributed by atoms with van der Waals surface area (Å²) in [6, 6.07) is 17.1. The third-order valence-electron chi connectivity index (χ3n) is 3.63. The van der Waals surface area contributed by atoms with E-state index >= 15 is 0 Å². The van der Waals surface area contributed by atoms with Crippen molar-refractivity contribution in [3.05, 3.63) is 71.7 Å². The van der Waals surface area contributed by atoms with E-state index in [0.717, 1.165) is 5.76 Å². The first-order chi connectivity index (χ1) is 9.31. The normalized spacial score (nSPS) is 12.7. The molecule has 1 aromatic heterocycles. The van der Waals surface area contributed by atoms with Crippen LogP contribution in [0.5, 0.6) is 0 Å². The summed E-state index contributed by atoms with van der Waals surface area (Å²) in [5.41, 5.74) is 2.48. The van der Waals surface area contributed by atoms with Crippen molar-refractivity contribution in [3.63, 3.8) is 0 Å². The Labute approximate surface area is 113 Å². The molecular weight excluding hydrogens is 234 g/mol. The Kier molecular flexibility index (Phi) is 3.10. The monoisotopic (exact) mass is 251 g/mol. The molecule has 0 saturated heterocycles. The third kappa shape index (κ3) is 2.04. The van der Waals surface area contributed by atoms with Crippen LogP contribution in [0.4, 0.5) is 0 Å². The standard InChI is InChI=1S/C17H17NO/c1-12-14(10-11-19-12)17(18-2)16-9-5-7-13-6-3-4-8-15(13)16/h3-11,17-18H,1-2H3. The molecule has 1 heterocycles. The third-order valence-corrected chi connectivity index (χ3v) is 3.63. The molecule has 0 aliphatic carbocycles. The van der Waals surface area contributed by atoms with Crippen LogP contribution in [0.15, 0.2) is 59.2 Å². The molecule has 0 aliphatic heterocycles. The lowest BCUT2D eigenvalue weighted by Crippen LogP contribution is -2.18. The van der Waals surface area contributed by atoms with Crippen LogP contribution in [0.25, 0.3) is 10.8 Å². The van der Waals surface area contributed by atoms with Crippen LogP contribution in [-0.2, 0) is 0 Å². The van der Waals surface area contributed by atoms with Crippen molar-refractivity contribution in [1.29, 1.82) is 0 Å². The molecule has 2 nitrogen and oxygen atoms in total. The smallest absolute Gasteiger partial charge is 0.105 e. The Bertz CT molecular complexity index is 694. The quantitative estimate of drug-likeness (QED) is 0.759. The van der Waals surface area contributed by atoms with E-state index in [1.54, 1.807) is 6.26 Å². The van der Waals surface area contributed by atoms with E-state index in [4.69, 9.17) is 4.42 Å². The van der Waals surface area contributed by atoms with Crippen LogP contribution in [0, 0.1) is 6.92 Å². The molecule has 3 aromatic rings. The largest absolute Gasteiger partial charge is 0.469 e. The summed E-state index contributed by atoms with van der Waals surface area (Å²) in [5, 5.41) is 5.94. The number of fused-ring (bicyclic) bond motifs is 1. The first-order valence-electron chi connectivity index (χ1n) is 6.50. The van der Waals surface area contributed by atoms with Gasteiger partial charge in [0.25, 0.3) is 0 Å². The second-order valence-electron chi connectivity index (χ2n) is 4.72. The lowest BCUT2D eigenvalue weighted by atomic mass is 9.94. The molecule has 0 saturated carbocycles. The molecule has 2 heteroatoms. The number of aryl methyl sites for hydroxylation is 1. The van der Waals surface area contributed by atoms with E-state index in [1.807, 2.05) is 20.0 Å². The van der Waals surface area contributed by atoms with Gasteiger partial charge in [-0.05, 0) is 36.4 Å². The second kappa shape index (κ2) is 4.90. The summed E-state index contributed by atoms with van der Waals surface area (Å²) < 4.78 is 5.44. The Balaban J connectivity index is 2.20. The van der Waals surface area contributed by atoms with Crippen molar-refractivity contribution in [3.8, 4) is 0 Å². The maximum atomic E-state index is 5.44. The summed E-state index contributed by atoms with van der Waals surface area (Å²) >= 11 is 0. The van der Waals surface area contributed by atoms with Gasteiger partial charge in [-0.1, -0.05) is 42.5 Å². The topological polar surface area (TPSA) is 25.2 Å². The van der Waals surface area contributed by atoms with Gasteiger partial charge >= 0.3 is 0 Å². The minimum absolute atomic E-state index is 0.157. The van der Waals surface area contributed by atoms with Gasteiger partial charge in [0.05, 0.1) is 12.3 Å². The van der Waals surface area contributed by atoms with Gasteiger partial charge in [0.15, 0.2) is 0 Å². The minimum Gasteiger partial charge on any atom is -0.469 e. The lowest BCUT2D eigenvalue weighted by molar-refractivity contribution is 0.523. The van der Waals surface area contributed by atoms with Gasteiger partial charge in [0.1, 0.15) is 5.76 Å². The number of rotatable bonds is 3. The molecule has 19 heavy (non-hydrogen) atoms. The van der Waals surface area contributed by atoms with E-state index in [0.29, 0.717) is 0 Å².